The largest absolute Gasteiger partial charge is 0.476 e. The summed E-state index contributed by atoms with van der Waals surface area (Å²) in [6.07, 6.45) is -5.31. The predicted molar refractivity (Wildman–Crippen MR) is 142 cm³/mol. The predicted octanol–water partition coefficient (Wildman–Crippen LogP) is 4.40. The van der Waals surface area contributed by atoms with E-state index in [9.17, 15) is 35.9 Å². The second-order valence-electron chi connectivity index (χ2n) is 10.0. The number of carboxylic acids is 1. The van der Waals surface area contributed by atoms with Gasteiger partial charge in [0.15, 0.2) is 22.7 Å². The van der Waals surface area contributed by atoms with Gasteiger partial charge in [0, 0.05) is 13.1 Å². The van der Waals surface area contributed by atoms with E-state index >= 15 is 0 Å². The summed E-state index contributed by atoms with van der Waals surface area (Å²) in [5.41, 5.74) is 0.555. The van der Waals surface area contributed by atoms with Crippen molar-refractivity contribution in [1.29, 1.82) is 0 Å². The van der Waals surface area contributed by atoms with Gasteiger partial charge in [0.1, 0.15) is 23.7 Å². The van der Waals surface area contributed by atoms with Crippen LogP contribution in [0.4, 0.5) is 38.0 Å². The van der Waals surface area contributed by atoms with Gasteiger partial charge in [0.2, 0.25) is 0 Å². The molecule has 2 saturated heterocycles. The van der Waals surface area contributed by atoms with E-state index in [0.29, 0.717) is 18.5 Å². The molecule has 4 aromatic rings. The van der Waals surface area contributed by atoms with Crippen LogP contribution in [0.5, 0.6) is 0 Å². The van der Waals surface area contributed by atoms with Gasteiger partial charge in [-0.25, -0.2) is 28.6 Å². The Hall–Kier alpha value is -4.64. The molecule has 2 fully saturated rings. The Morgan fingerprint density at radius 1 is 0.818 bits per heavy atom. The molecule has 0 aromatic carbocycles. The first-order valence-corrected chi connectivity index (χ1v) is 13.6. The van der Waals surface area contributed by atoms with E-state index in [-0.39, 0.29) is 61.2 Å². The number of imidazole rings is 2. The number of halogens is 6. The highest BCUT2D eigenvalue weighted by Gasteiger charge is 2.47. The van der Waals surface area contributed by atoms with Crippen molar-refractivity contribution >= 4 is 34.9 Å². The van der Waals surface area contributed by atoms with Crippen molar-refractivity contribution in [2.75, 3.05) is 29.5 Å². The molecule has 6 heterocycles. The van der Waals surface area contributed by atoms with Crippen LogP contribution in [0.15, 0.2) is 36.7 Å². The standard InChI is InChI=1S/C14H15F3N4O2.C12H11F3N4O2/c1-2-23-13(22)9-8-18-11-5-6-12(19-21(9)11)20-7-3-4-10(20)14(15,16)17;13-12(14,15)8-2-1-5-18(8)10-4-3-9-16-6-7(11(20)21)19(9)17-10/h5-6,8,10H,2-4,7H2,1H3;3-4,6,8H,1-2,5H2,(H,20,21). The van der Waals surface area contributed by atoms with Gasteiger partial charge in [-0.15, -0.1) is 10.2 Å². The number of carboxylic acid groups (broad SMARTS) is 1. The number of rotatable bonds is 5. The van der Waals surface area contributed by atoms with Crippen molar-refractivity contribution in [2.24, 2.45) is 0 Å². The Morgan fingerprint density at radius 3 is 1.70 bits per heavy atom. The summed E-state index contributed by atoms with van der Waals surface area (Å²) in [5.74, 6) is -1.58. The van der Waals surface area contributed by atoms with Gasteiger partial charge in [0.25, 0.3) is 0 Å². The number of esters is 1. The van der Waals surface area contributed by atoms with Crippen molar-refractivity contribution in [3.8, 4) is 0 Å². The molecule has 1 N–H and O–H groups in total. The van der Waals surface area contributed by atoms with Crippen LogP contribution in [-0.4, -0.2) is 90.4 Å². The van der Waals surface area contributed by atoms with Crippen molar-refractivity contribution in [3.63, 3.8) is 0 Å². The molecular formula is C26H26F6N8O4. The van der Waals surface area contributed by atoms with Gasteiger partial charge < -0.3 is 19.6 Å². The average molecular weight is 629 g/mol. The maximum absolute atomic E-state index is 13.1. The smallest absolute Gasteiger partial charge is 0.408 e. The lowest BCUT2D eigenvalue weighted by Gasteiger charge is -2.27. The summed E-state index contributed by atoms with van der Waals surface area (Å²) in [7, 11) is 0. The molecule has 18 heteroatoms. The van der Waals surface area contributed by atoms with Crippen molar-refractivity contribution in [2.45, 2.75) is 57.0 Å². The van der Waals surface area contributed by atoms with E-state index in [1.807, 2.05) is 0 Å². The zero-order chi connectivity index (χ0) is 31.8. The van der Waals surface area contributed by atoms with E-state index in [1.165, 1.54) is 39.9 Å². The van der Waals surface area contributed by atoms with Crippen LogP contribution in [0.25, 0.3) is 11.3 Å². The molecule has 236 valence electrons. The zero-order valence-electron chi connectivity index (χ0n) is 23.1. The number of nitrogens with zero attached hydrogens (tertiary/aromatic N) is 8. The van der Waals surface area contributed by atoms with Gasteiger partial charge in [0.05, 0.1) is 19.0 Å². The third-order valence-electron chi connectivity index (χ3n) is 7.25. The highest BCUT2D eigenvalue weighted by molar-refractivity contribution is 5.88. The lowest BCUT2D eigenvalue weighted by Crippen LogP contribution is -2.41. The van der Waals surface area contributed by atoms with Gasteiger partial charge in [-0.05, 0) is 56.9 Å². The molecule has 2 atom stereocenters. The summed E-state index contributed by atoms with van der Waals surface area (Å²) in [6, 6.07) is 2.78. The molecule has 2 aliphatic heterocycles. The molecule has 0 spiro atoms. The lowest BCUT2D eigenvalue weighted by atomic mass is 10.2. The minimum atomic E-state index is -4.34. The van der Waals surface area contributed by atoms with Crippen LogP contribution in [0.3, 0.4) is 0 Å². The number of ether oxygens (including phenoxy) is 1. The Kier molecular flexibility index (Phi) is 8.26. The Bertz CT molecular complexity index is 1670. The molecular weight excluding hydrogens is 602 g/mol. The molecule has 0 radical (unpaired) electrons. The molecule has 0 aliphatic carbocycles. The summed E-state index contributed by atoms with van der Waals surface area (Å²) in [6.45, 7) is 2.36. The van der Waals surface area contributed by atoms with E-state index < -0.39 is 36.4 Å². The molecule has 4 aromatic heterocycles. The molecule has 12 nitrogen and oxygen atoms in total. The summed E-state index contributed by atoms with van der Waals surface area (Å²) < 4.78 is 85.4. The first-order valence-electron chi connectivity index (χ1n) is 13.6. The number of carbonyl (C=O) groups excluding carboxylic acids is 1. The number of hydrogen-bond donors (Lipinski definition) is 1. The maximum Gasteiger partial charge on any atom is 0.408 e. The first-order chi connectivity index (χ1) is 20.8. The molecule has 0 bridgehead atoms. The van der Waals surface area contributed by atoms with Crippen LogP contribution in [0.1, 0.15) is 53.6 Å². The number of alkyl halides is 6. The minimum Gasteiger partial charge on any atom is -0.476 e. The number of hydrogen-bond acceptors (Lipinski definition) is 9. The monoisotopic (exact) mass is 628 g/mol. The summed E-state index contributed by atoms with van der Waals surface area (Å²) in [4.78, 5) is 33.1. The van der Waals surface area contributed by atoms with E-state index in [4.69, 9.17) is 9.84 Å². The normalized spacial score (nSPS) is 19.0. The van der Waals surface area contributed by atoms with E-state index in [1.54, 1.807) is 6.92 Å². The van der Waals surface area contributed by atoms with Crippen molar-refractivity contribution in [3.05, 3.63) is 48.0 Å². The fourth-order valence-electron chi connectivity index (χ4n) is 5.29. The van der Waals surface area contributed by atoms with Crippen LogP contribution in [0, 0.1) is 0 Å². The molecule has 2 aliphatic rings. The zero-order valence-corrected chi connectivity index (χ0v) is 23.1. The quantitative estimate of drug-likeness (QED) is 0.251. The van der Waals surface area contributed by atoms with Crippen LogP contribution in [-0.2, 0) is 4.74 Å². The Balaban J connectivity index is 0.000000175. The minimum absolute atomic E-state index is 0.0128. The van der Waals surface area contributed by atoms with Crippen molar-refractivity contribution < 1.29 is 45.8 Å². The number of aromatic carboxylic acids is 1. The number of carbonyl (C=O) groups is 2. The highest BCUT2D eigenvalue weighted by atomic mass is 19.4. The van der Waals surface area contributed by atoms with Crippen LogP contribution < -0.4 is 9.80 Å². The molecule has 2 unspecified atom stereocenters. The maximum atomic E-state index is 13.1. The summed E-state index contributed by atoms with van der Waals surface area (Å²) in [5, 5.41) is 17.2. The average Bonchev–Trinajstić information content (AvgIpc) is 3.76. The second-order valence-corrected chi connectivity index (χ2v) is 10.0. The molecule has 0 amide bonds. The first kappa shape index (κ1) is 30.8. The van der Waals surface area contributed by atoms with Crippen LogP contribution >= 0.6 is 0 Å². The van der Waals surface area contributed by atoms with Gasteiger partial charge in [-0.2, -0.15) is 26.3 Å². The fourth-order valence-corrected chi connectivity index (χ4v) is 5.29. The topological polar surface area (TPSA) is 130 Å². The number of aromatic nitrogens is 6. The fraction of sp³-hybridized carbons (Fsp3) is 0.462. The molecule has 6 rings (SSSR count). The lowest BCUT2D eigenvalue weighted by molar-refractivity contribution is -0.146. The number of anilines is 2. The van der Waals surface area contributed by atoms with Gasteiger partial charge in [-0.3, -0.25) is 0 Å². The summed E-state index contributed by atoms with van der Waals surface area (Å²) >= 11 is 0. The highest BCUT2D eigenvalue weighted by Crippen LogP contribution is 2.36. The Labute approximate surface area is 244 Å². The molecule has 0 saturated carbocycles. The SMILES string of the molecule is CCOC(=O)c1cnc2ccc(N3CCCC3C(F)(F)F)nn12.O=C(O)c1cnc2ccc(N3CCCC3C(F)(F)F)nn12. The Morgan fingerprint density at radius 2 is 1.27 bits per heavy atom. The number of fused-ring (bicyclic) bond motifs is 2. The molecule has 44 heavy (non-hydrogen) atoms. The van der Waals surface area contributed by atoms with Crippen LogP contribution in [0.2, 0.25) is 0 Å². The van der Waals surface area contributed by atoms with Gasteiger partial charge in [-0.1, -0.05) is 0 Å². The van der Waals surface area contributed by atoms with E-state index in [2.05, 4.69) is 20.2 Å². The van der Waals surface area contributed by atoms with Crippen molar-refractivity contribution in [1.82, 2.24) is 29.2 Å². The third kappa shape index (κ3) is 6.05. The second kappa shape index (κ2) is 11.8. The van der Waals surface area contributed by atoms with Gasteiger partial charge >= 0.3 is 24.3 Å². The third-order valence-corrected chi connectivity index (χ3v) is 7.25. The van der Waals surface area contributed by atoms with E-state index in [0.717, 1.165) is 15.6 Å².